The highest BCUT2D eigenvalue weighted by Crippen LogP contribution is 2.19. The molecule has 4 N–H and O–H groups in total. The minimum Gasteiger partial charge on any atom is -0.376 e. The summed E-state index contributed by atoms with van der Waals surface area (Å²) >= 11 is 0. The first kappa shape index (κ1) is 24.7. The molecule has 0 aliphatic rings. The van der Waals surface area contributed by atoms with Crippen molar-refractivity contribution in [3.05, 3.63) is 148 Å². The summed E-state index contributed by atoms with van der Waals surface area (Å²) in [7, 11) is 0. The van der Waals surface area contributed by atoms with Crippen molar-refractivity contribution < 1.29 is 0 Å². The van der Waals surface area contributed by atoms with Gasteiger partial charge in [0.25, 0.3) is 21.7 Å². The van der Waals surface area contributed by atoms with Crippen LogP contribution < -0.4 is 43.0 Å². The van der Waals surface area contributed by atoms with Gasteiger partial charge in [0.15, 0.2) is 0 Å². The third-order valence-electron chi connectivity index (χ3n) is 6.37. The molecule has 0 aliphatic carbocycles. The SMILES string of the molecule is O=c1c(NCc2ccccc2)c(NCc2cccc(CNc3c(NCc4ccccc4)c(=O)c3=O)c2)c1=O. The van der Waals surface area contributed by atoms with Crippen molar-refractivity contribution in [2.45, 2.75) is 26.2 Å². The first-order chi connectivity index (χ1) is 18.5. The van der Waals surface area contributed by atoms with Gasteiger partial charge in [-0.25, -0.2) is 0 Å². The van der Waals surface area contributed by atoms with Crippen LogP contribution in [-0.2, 0) is 26.2 Å². The lowest BCUT2D eigenvalue weighted by atomic mass is 10.1. The zero-order chi connectivity index (χ0) is 26.5. The molecule has 0 unspecified atom stereocenters. The average molecular weight is 507 g/mol. The second-order valence-corrected chi connectivity index (χ2v) is 9.02. The standard InChI is InChI=1S/C30H26N4O4/c35-27-23(31-15-19-8-3-1-4-9-19)25(29(27)37)33-17-21-12-7-13-22(14-21)18-34-26-24(28(36)30(26)38)32-16-20-10-5-2-6-11-20/h1-14,31-34H,15-18H2. The van der Waals surface area contributed by atoms with Crippen molar-refractivity contribution in [3.63, 3.8) is 0 Å². The highest BCUT2D eigenvalue weighted by molar-refractivity contribution is 5.75. The molecule has 5 rings (SSSR count). The fourth-order valence-electron chi connectivity index (χ4n) is 4.26. The Morgan fingerprint density at radius 3 is 1.00 bits per heavy atom. The molecule has 0 bridgehead atoms. The van der Waals surface area contributed by atoms with E-state index in [1.807, 2.05) is 84.9 Å². The van der Waals surface area contributed by atoms with Gasteiger partial charge in [-0.05, 0) is 22.3 Å². The number of anilines is 4. The Morgan fingerprint density at radius 2 is 0.658 bits per heavy atom. The largest absolute Gasteiger partial charge is 0.376 e. The fraction of sp³-hybridized carbons (Fsp3) is 0.133. The van der Waals surface area contributed by atoms with E-state index < -0.39 is 21.7 Å². The summed E-state index contributed by atoms with van der Waals surface area (Å²) in [6.45, 7) is 1.59. The fourth-order valence-corrected chi connectivity index (χ4v) is 4.26. The minimum absolute atomic E-state index is 0.285. The number of rotatable bonds is 12. The molecule has 8 heteroatoms. The second kappa shape index (κ2) is 11.0. The van der Waals surface area contributed by atoms with Crippen LogP contribution in [0.5, 0.6) is 0 Å². The molecule has 0 saturated heterocycles. The van der Waals surface area contributed by atoms with Gasteiger partial charge in [0, 0.05) is 26.2 Å². The molecular weight excluding hydrogens is 480 g/mol. The summed E-state index contributed by atoms with van der Waals surface area (Å²) < 4.78 is 0. The van der Waals surface area contributed by atoms with E-state index in [-0.39, 0.29) is 11.4 Å². The molecule has 0 atom stereocenters. The Kier molecular flexibility index (Phi) is 7.13. The summed E-state index contributed by atoms with van der Waals surface area (Å²) in [4.78, 5) is 48.4. The summed E-state index contributed by atoms with van der Waals surface area (Å²) in [6, 6.07) is 26.9. The molecule has 5 aromatic carbocycles. The minimum atomic E-state index is -0.533. The van der Waals surface area contributed by atoms with E-state index in [0.717, 1.165) is 22.3 Å². The van der Waals surface area contributed by atoms with Gasteiger partial charge < -0.3 is 21.3 Å². The van der Waals surface area contributed by atoms with E-state index in [1.165, 1.54) is 0 Å². The highest BCUT2D eigenvalue weighted by atomic mass is 16.2. The van der Waals surface area contributed by atoms with Gasteiger partial charge in [0.05, 0.1) is 0 Å². The average Bonchev–Trinajstić information content (AvgIpc) is 2.96. The van der Waals surface area contributed by atoms with Crippen LogP contribution in [0.2, 0.25) is 0 Å². The Labute approximate surface area is 218 Å². The van der Waals surface area contributed by atoms with Crippen molar-refractivity contribution in [2.75, 3.05) is 21.3 Å². The number of hydrogen-bond acceptors (Lipinski definition) is 8. The molecule has 0 aliphatic heterocycles. The van der Waals surface area contributed by atoms with Crippen LogP contribution in [0.3, 0.4) is 0 Å². The predicted octanol–water partition coefficient (Wildman–Crippen LogP) is 3.33. The van der Waals surface area contributed by atoms with Gasteiger partial charge in [0.1, 0.15) is 22.7 Å². The normalized spacial score (nSPS) is 10.9. The molecule has 5 aromatic rings. The smallest absolute Gasteiger partial charge is 0.253 e. The highest BCUT2D eigenvalue weighted by Gasteiger charge is 2.21. The van der Waals surface area contributed by atoms with Gasteiger partial charge in [-0.3, -0.25) is 19.2 Å². The lowest BCUT2D eigenvalue weighted by molar-refractivity contribution is 1.07. The maximum Gasteiger partial charge on any atom is 0.253 e. The van der Waals surface area contributed by atoms with Crippen LogP contribution in [0.1, 0.15) is 22.3 Å². The van der Waals surface area contributed by atoms with Crippen LogP contribution in [0.15, 0.2) is 104 Å². The van der Waals surface area contributed by atoms with E-state index in [4.69, 9.17) is 0 Å². The summed E-state index contributed by atoms with van der Waals surface area (Å²) in [6.07, 6.45) is 0. The Balaban J connectivity index is 1.18. The molecule has 0 amide bonds. The Bertz CT molecular complexity index is 1570. The maximum absolute atomic E-state index is 12.1. The topological polar surface area (TPSA) is 116 Å². The number of nitrogens with one attached hydrogen (secondary N) is 4. The van der Waals surface area contributed by atoms with Gasteiger partial charge >= 0.3 is 0 Å². The molecule has 8 nitrogen and oxygen atoms in total. The van der Waals surface area contributed by atoms with Crippen LogP contribution in [-0.4, -0.2) is 0 Å². The summed E-state index contributed by atoms with van der Waals surface area (Å²) in [5.74, 6) is 0. The Hall–Kier alpha value is -4.98. The van der Waals surface area contributed by atoms with Crippen LogP contribution in [0.25, 0.3) is 0 Å². The molecule has 0 saturated carbocycles. The van der Waals surface area contributed by atoms with Crippen molar-refractivity contribution >= 4 is 22.7 Å². The first-order valence-corrected chi connectivity index (χ1v) is 12.3. The molecule has 0 fully saturated rings. The first-order valence-electron chi connectivity index (χ1n) is 12.3. The summed E-state index contributed by atoms with van der Waals surface area (Å²) in [5, 5.41) is 12.3. The molecule has 0 aromatic heterocycles. The lowest BCUT2D eigenvalue weighted by Crippen LogP contribution is -2.37. The molecule has 0 radical (unpaired) electrons. The zero-order valence-electron chi connectivity index (χ0n) is 20.5. The number of benzene rings is 3. The predicted molar refractivity (Wildman–Crippen MR) is 151 cm³/mol. The van der Waals surface area contributed by atoms with Gasteiger partial charge in [-0.15, -0.1) is 0 Å². The monoisotopic (exact) mass is 506 g/mol. The quantitative estimate of drug-likeness (QED) is 0.191. The van der Waals surface area contributed by atoms with E-state index in [2.05, 4.69) is 21.3 Å². The second-order valence-electron chi connectivity index (χ2n) is 9.02. The van der Waals surface area contributed by atoms with Gasteiger partial charge in [-0.1, -0.05) is 84.9 Å². The van der Waals surface area contributed by atoms with E-state index >= 15 is 0 Å². The van der Waals surface area contributed by atoms with Crippen molar-refractivity contribution in [3.8, 4) is 0 Å². The maximum atomic E-state index is 12.1. The molecular formula is C30H26N4O4. The van der Waals surface area contributed by atoms with Crippen molar-refractivity contribution in [1.82, 2.24) is 0 Å². The molecule has 0 spiro atoms. The van der Waals surface area contributed by atoms with Crippen LogP contribution in [0, 0.1) is 0 Å². The van der Waals surface area contributed by atoms with E-state index in [0.29, 0.717) is 37.6 Å². The third kappa shape index (κ3) is 5.24. The van der Waals surface area contributed by atoms with E-state index in [9.17, 15) is 19.2 Å². The number of hydrogen-bond donors (Lipinski definition) is 4. The lowest BCUT2D eigenvalue weighted by Gasteiger charge is -2.16. The Morgan fingerprint density at radius 1 is 0.368 bits per heavy atom. The van der Waals surface area contributed by atoms with E-state index in [1.54, 1.807) is 0 Å². The van der Waals surface area contributed by atoms with Crippen molar-refractivity contribution in [2.24, 2.45) is 0 Å². The van der Waals surface area contributed by atoms with Crippen LogP contribution in [0.4, 0.5) is 22.7 Å². The van der Waals surface area contributed by atoms with Crippen LogP contribution >= 0.6 is 0 Å². The summed E-state index contributed by atoms with van der Waals surface area (Å²) in [5.41, 5.74) is 2.87. The molecule has 190 valence electrons. The third-order valence-corrected chi connectivity index (χ3v) is 6.37. The molecule has 38 heavy (non-hydrogen) atoms. The van der Waals surface area contributed by atoms with Gasteiger partial charge in [0.2, 0.25) is 0 Å². The van der Waals surface area contributed by atoms with Crippen molar-refractivity contribution in [1.29, 1.82) is 0 Å². The van der Waals surface area contributed by atoms with Gasteiger partial charge in [-0.2, -0.15) is 0 Å². The molecule has 0 heterocycles. The zero-order valence-corrected chi connectivity index (χ0v) is 20.5.